The van der Waals surface area contributed by atoms with Crippen LogP contribution in [0.15, 0.2) is 11.6 Å². The van der Waals surface area contributed by atoms with Crippen LogP contribution in [-0.4, -0.2) is 296 Å². The Balaban J connectivity index is 1.06. The van der Waals surface area contributed by atoms with E-state index in [1.165, 1.54) is 13.0 Å². The van der Waals surface area contributed by atoms with Gasteiger partial charge in [0, 0.05) is 0 Å². The van der Waals surface area contributed by atoms with Gasteiger partial charge >= 0.3 is 0 Å². The average molecular weight is 968 g/mol. The summed E-state index contributed by atoms with van der Waals surface area (Å²) < 4.78 is 50.4. The van der Waals surface area contributed by atoms with E-state index in [1.54, 1.807) is 6.92 Å². The lowest BCUT2D eigenvalue weighted by molar-refractivity contribution is -0.399. The molecular formula is C38H65NO27. The zero-order valence-electron chi connectivity index (χ0n) is 35.6. The first-order valence-corrected chi connectivity index (χ1v) is 21.5. The fraction of sp³-hybridized carbons (Fsp3) is 0.947. The van der Waals surface area contributed by atoms with Crippen molar-refractivity contribution < 1.29 is 135 Å². The quantitative estimate of drug-likeness (QED) is 0.0678. The molecule has 5 saturated heterocycles. The summed E-state index contributed by atoms with van der Waals surface area (Å²) in [7, 11) is 0. The third-order valence-electron chi connectivity index (χ3n) is 12.9. The van der Waals surface area contributed by atoms with Gasteiger partial charge in [-0.1, -0.05) is 13.0 Å². The van der Waals surface area contributed by atoms with Crippen molar-refractivity contribution in [3.63, 3.8) is 0 Å². The second-order valence-corrected chi connectivity index (χ2v) is 17.2. The van der Waals surface area contributed by atoms with E-state index in [9.17, 15) is 91.9 Å². The van der Waals surface area contributed by atoms with Crippen molar-refractivity contribution >= 4 is 0 Å². The Labute approximate surface area is 375 Å². The van der Waals surface area contributed by atoms with Crippen molar-refractivity contribution in [2.75, 3.05) is 26.4 Å². The van der Waals surface area contributed by atoms with Crippen molar-refractivity contribution in [2.45, 2.75) is 198 Å². The Morgan fingerprint density at radius 3 is 1.20 bits per heavy atom. The third-order valence-corrected chi connectivity index (χ3v) is 12.9. The summed E-state index contributed by atoms with van der Waals surface area (Å²) >= 11 is 0. The van der Waals surface area contributed by atoms with E-state index in [0.29, 0.717) is 12.0 Å². The molecule has 0 aromatic rings. The van der Waals surface area contributed by atoms with Gasteiger partial charge in [0.2, 0.25) is 0 Å². The zero-order chi connectivity index (χ0) is 48.6. The van der Waals surface area contributed by atoms with Crippen molar-refractivity contribution in [1.29, 1.82) is 0 Å². The van der Waals surface area contributed by atoms with Gasteiger partial charge in [-0.25, -0.2) is 0 Å². The third kappa shape index (κ3) is 10.8. The van der Waals surface area contributed by atoms with Crippen LogP contribution in [-0.2, 0) is 42.6 Å². The number of aliphatic hydroxyl groups excluding tert-OH is 18. The molecule has 0 radical (unpaired) electrons. The van der Waals surface area contributed by atoms with E-state index >= 15 is 0 Å². The molecule has 1 aliphatic carbocycles. The van der Waals surface area contributed by atoms with E-state index in [4.69, 9.17) is 42.6 Å². The molecule has 5 heterocycles. The second-order valence-electron chi connectivity index (χ2n) is 17.2. The van der Waals surface area contributed by atoms with Crippen LogP contribution in [0.4, 0.5) is 0 Å². The Bertz CT molecular complexity index is 1550. The molecule has 0 aromatic heterocycles. The number of rotatable bonds is 15. The molecule has 5 aliphatic heterocycles. The number of hydrogen-bond acceptors (Lipinski definition) is 28. The second kappa shape index (κ2) is 22.8. The fourth-order valence-corrected chi connectivity index (χ4v) is 8.89. The van der Waals surface area contributed by atoms with Gasteiger partial charge in [0.25, 0.3) is 0 Å². The van der Waals surface area contributed by atoms with Crippen LogP contribution in [0.5, 0.6) is 0 Å². The van der Waals surface area contributed by atoms with Gasteiger partial charge in [0.1, 0.15) is 128 Å². The van der Waals surface area contributed by atoms with Crippen LogP contribution in [0, 0.1) is 0 Å². The highest BCUT2D eigenvalue weighted by molar-refractivity contribution is 5.22. The van der Waals surface area contributed by atoms with Gasteiger partial charge in [-0.05, 0) is 18.9 Å². The average Bonchev–Trinajstić information content (AvgIpc) is 3.30. The minimum atomic E-state index is -2.13. The highest BCUT2D eigenvalue weighted by atomic mass is 16.8. The van der Waals surface area contributed by atoms with E-state index in [-0.39, 0.29) is 0 Å². The van der Waals surface area contributed by atoms with Gasteiger partial charge in [0.15, 0.2) is 31.5 Å². The summed E-state index contributed by atoms with van der Waals surface area (Å²) in [6, 6.07) is -2.07. The number of ether oxygens (including phenoxy) is 9. The smallest absolute Gasteiger partial charge is 0.189 e. The standard InChI is InChI=1S/C38H65NO27/c1-3-10-4-11(18(45)21(48)17(10)44)39-16-9(2)58-34(26(53)20(16)47)63-31-13(6-41)60-35(28(55)23(31)50)64-32-14(7-42)61-36(29(56)24(32)51)65-33-15(8-43)62-38(30(57)25(33)52)66-37-27(54)22(49)19(46)12(5-40)59-37/h4,9,11-57H,3,5-8H2,1-2H3. The first-order valence-electron chi connectivity index (χ1n) is 21.5. The van der Waals surface area contributed by atoms with Crippen LogP contribution in [0.3, 0.4) is 0 Å². The maximum atomic E-state index is 11.2. The van der Waals surface area contributed by atoms with Crippen LogP contribution in [0.25, 0.3) is 0 Å². The van der Waals surface area contributed by atoms with Crippen LogP contribution in [0.1, 0.15) is 20.3 Å². The fourth-order valence-electron chi connectivity index (χ4n) is 8.89. The van der Waals surface area contributed by atoms with E-state index in [2.05, 4.69) is 5.32 Å². The molecule has 0 aromatic carbocycles. The molecule has 384 valence electrons. The van der Waals surface area contributed by atoms with E-state index in [0.717, 1.165) is 0 Å². The lowest BCUT2D eigenvalue weighted by Crippen LogP contribution is -2.68. The van der Waals surface area contributed by atoms with Gasteiger partial charge < -0.3 is 140 Å². The molecule has 0 amide bonds. The highest BCUT2D eigenvalue weighted by Crippen LogP contribution is 2.36. The van der Waals surface area contributed by atoms with Gasteiger partial charge in [-0.3, -0.25) is 0 Å². The van der Waals surface area contributed by atoms with Gasteiger partial charge in [0.05, 0.1) is 44.6 Å². The molecule has 5 fully saturated rings. The van der Waals surface area contributed by atoms with E-state index < -0.39 is 204 Å². The lowest BCUT2D eigenvalue weighted by atomic mass is 9.85. The van der Waals surface area contributed by atoms with Gasteiger partial charge in [-0.2, -0.15) is 0 Å². The molecule has 0 spiro atoms. The molecule has 66 heavy (non-hydrogen) atoms. The summed E-state index contributed by atoms with van der Waals surface area (Å²) in [5.74, 6) is 0. The Hall–Kier alpha value is -1.38. The van der Waals surface area contributed by atoms with Crippen molar-refractivity contribution in [3.8, 4) is 0 Å². The van der Waals surface area contributed by atoms with Crippen LogP contribution >= 0.6 is 0 Å². The Kier molecular flexibility index (Phi) is 18.6. The number of nitrogens with one attached hydrogen (secondary N) is 1. The molecule has 0 saturated carbocycles. The zero-order valence-corrected chi connectivity index (χ0v) is 35.6. The Morgan fingerprint density at radius 2 is 0.788 bits per heavy atom. The molecular weight excluding hydrogens is 902 g/mol. The summed E-state index contributed by atoms with van der Waals surface area (Å²) in [5.41, 5.74) is 0.424. The molecule has 19 N–H and O–H groups in total. The first-order chi connectivity index (χ1) is 31.2. The maximum absolute atomic E-state index is 11.2. The maximum Gasteiger partial charge on any atom is 0.189 e. The predicted molar refractivity (Wildman–Crippen MR) is 206 cm³/mol. The van der Waals surface area contributed by atoms with Crippen molar-refractivity contribution in [2.24, 2.45) is 0 Å². The molecule has 6 aliphatic rings. The minimum absolute atomic E-state index is 0.342. The molecule has 6 rings (SSSR count). The number of aliphatic hydroxyl groups is 18. The minimum Gasteiger partial charge on any atom is -0.394 e. The van der Waals surface area contributed by atoms with Crippen molar-refractivity contribution in [3.05, 3.63) is 11.6 Å². The van der Waals surface area contributed by atoms with E-state index in [1.807, 2.05) is 0 Å². The summed E-state index contributed by atoms with van der Waals surface area (Å²) in [6.07, 6.45) is -45.9. The molecule has 0 bridgehead atoms. The van der Waals surface area contributed by atoms with Crippen LogP contribution in [0.2, 0.25) is 0 Å². The summed E-state index contributed by atoms with van der Waals surface area (Å²) in [6.45, 7) is -0.470. The normalized spacial score (nSPS) is 52.8. The summed E-state index contributed by atoms with van der Waals surface area (Å²) in [5, 5.41) is 193. The topological polar surface area (TPSA) is 459 Å². The molecule has 28 heteroatoms. The monoisotopic (exact) mass is 967 g/mol. The summed E-state index contributed by atoms with van der Waals surface area (Å²) in [4.78, 5) is 0. The predicted octanol–water partition coefficient (Wildman–Crippen LogP) is -11.5. The van der Waals surface area contributed by atoms with Crippen molar-refractivity contribution in [1.82, 2.24) is 5.32 Å². The molecule has 29 unspecified atom stereocenters. The van der Waals surface area contributed by atoms with Gasteiger partial charge in [-0.15, -0.1) is 0 Å². The number of hydrogen-bond donors (Lipinski definition) is 19. The largest absolute Gasteiger partial charge is 0.394 e. The SMILES string of the molecule is CCC1=CC(NC2C(C)OC(OC3C(CO)OC(OC4C(CO)OC(OC5C(CO)OC(OC6OC(CO)C(O)C(O)C6O)C(O)C5O)C(O)C4O)C(O)C3O)C(O)C2O)C(O)C(O)C1O. The lowest BCUT2D eigenvalue weighted by Gasteiger charge is -2.49. The van der Waals surface area contributed by atoms with Crippen LogP contribution < -0.4 is 5.32 Å². The first kappa shape index (κ1) is 54.0. The Morgan fingerprint density at radius 1 is 0.424 bits per heavy atom. The highest BCUT2D eigenvalue weighted by Gasteiger charge is 2.56. The molecule has 28 nitrogen and oxygen atoms in total. The molecule has 29 atom stereocenters.